The predicted molar refractivity (Wildman–Crippen MR) is 109 cm³/mol. The van der Waals surface area contributed by atoms with E-state index < -0.39 is 10.4 Å². The molecule has 0 aliphatic carbocycles. The van der Waals surface area contributed by atoms with Gasteiger partial charge in [-0.3, -0.25) is 4.55 Å². The molecule has 0 unspecified atom stereocenters. The van der Waals surface area contributed by atoms with E-state index in [0.717, 1.165) is 19.3 Å². The van der Waals surface area contributed by atoms with Crippen LogP contribution in [0.4, 0.5) is 0 Å². The molecule has 0 aromatic heterocycles. The molecule has 0 aromatic rings. The molecule has 0 fully saturated rings. The van der Waals surface area contributed by atoms with E-state index >= 15 is 0 Å². The monoisotopic (exact) mass is 394 g/mol. The third kappa shape index (κ3) is 49.5. The minimum atomic E-state index is -4.23. The van der Waals surface area contributed by atoms with Crippen LogP contribution in [0.25, 0.3) is 0 Å². The van der Waals surface area contributed by atoms with Gasteiger partial charge in [0.2, 0.25) is 0 Å². The van der Waals surface area contributed by atoms with Crippen molar-refractivity contribution in [2.24, 2.45) is 0 Å². The highest BCUT2D eigenvalue weighted by molar-refractivity contribution is 7.80. The standard InChI is InChI=1S/C12H26O4S.C4H7N.C3H9N/c1-2-3-4-5-6-7-8-9-10-11-12-16-17(13,14)15;1-2-3-4-5;1-4(2)3/h2-12H2,1H3,(H,13,14,15);2-3H2,1H3;1-3H3. The van der Waals surface area contributed by atoms with Crippen molar-refractivity contribution in [1.82, 2.24) is 4.90 Å². The van der Waals surface area contributed by atoms with Crippen LogP contribution in [-0.2, 0) is 14.6 Å². The first-order valence-electron chi connectivity index (χ1n) is 9.80. The molecule has 0 spiro atoms. The first-order valence-corrected chi connectivity index (χ1v) is 11.2. The van der Waals surface area contributed by atoms with Crippen LogP contribution in [0.15, 0.2) is 0 Å². The van der Waals surface area contributed by atoms with Crippen molar-refractivity contribution in [3.63, 3.8) is 0 Å². The number of unbranched alkanes of at least 4 members (excludes halogenated alkanes) is 10. The molecule has 0 aliphatic heterocycles. The highest BCUT2D eigenvalue weighted by Crippen LogP contribution is 2.10. The van der Waals surface area contributed by atoms with Crippen molar-refractivity contribution in [2.75, 3.05) is 27.7 Å². The van der Waals surface area contributed by atoms with Crippen LogP contribution in [0, 0.1) is 11.3 Å². The lowest BCUT2D eigenvalue weighted by Crippen LogP contribution is -2.04. The molecule has 0 atom stereocenters. The molecule has 0 rings (SSSR count). The number of nitriles is 1. The number of hydrogen-bond donors (Lipinski definition) is 1. The Labute approximate surface area is 162 Å². The molecular weight excluding hydrogens is 352 g/mol. The van der Waals surface area contributed by atoms with Gasteiger partial charge in [0, 0.05) is 6.42 Å². The first-order chi connectivity index (χ1) is 12.2. The molecule has 1 N–H and O–H groups in total. The lowest BCUT2D eigenvalue weighted by Gasteiger charge is -2.02. The Morgan fingerprint density at radius 3 is 1.50 bits per heavy atom. The van der Waals surface area contributed by atoms with Gasteiger partial charge in [0.1, 0.15) is 0 Å². The van der Waals surface area contributed by atoms with Crippen molar-refractivity contribution in [3.8, 4) is 6.07 Å². The Morgan fingerprint density at radius 2 is 1.23 bits per heavy atom. The van der Waals surface area contributed by atoms with Gasteiger partial charge in [-0.1, -0.05) is 71.6 Å². The first kappa shape index (κ1) is 30.1. The third-order valence-electron chi connectivity index (χ3n) is 3.09. The maximum Gasteiger partial charge on any atom is 0.397 e. The average molecular weight is 395 g/mol. The number of rotatable bonds is 13. The average Bonchev–Trinajstić information content (AvgIpc) is 2.52. The van der Waals surface area contributed by atoms with Crippen LogP contribution in [0.1, 0.15) is 90.9 Å². The Morgan fingerprint density at radius 1 is 0.846 bits per heavy atom. The number of nitrogens with zero attached hydrogens (tertiary/aromatic N) is 2. The fourth-order valence-corrected chi connectivity index (χ4v) is 2.19. The quantitative estimate of drug-likeness (QED) is 0.340. The van der Waals surface area contributed by atoms with E-state index in [2.05, 4.69) is 11.1 Å². The van der Waals surface area contributed by atoms with Crippen molar-refractivity contribution in [2.45, 2.75) is 90.9 Å². The minimum absolute atomic E-state index is 0.0926. The summed E-state index contributed by atoms with van der Waals surface area (Å²) in [6, 6.07) is 2.02. The molecule has 0 amide bonds. The van der Waals surface area contributed by atoms with Gasteiger partial charge >= 0.3 is 10.4 Å². The van der Waals surface area contributed by atoms with Crippen molar-refractivity contribution >= 4 is 10.4 Å². The highest BCUT2D eigenvalue weighted by Gasteiger charge is 2.02. The zero-order valence-corrected chi connectivity index (χ0v) is 18.5. The van der Waals surface area contributed by atoms with E-state index in [-0.39, 0.29) is 6.61 Å². The summed E-state index contributed by atoms with van der Waals surface area (Å²) in [5.74, 6) is 0. The summed E-state index contributed by atoms with van der Waals surface area (Å²) >= 11 is 0. The molecular formula is C19H42N2O4S. The SMILES string of the molecule is CCCC#N.CCCCCCCCCCCCOS(=O)(=O)O.CN(C)C. The minimum Gasteiger partial charge on any atom is -0.312 e. The van der Waals surface area contributed by atoms with E-state index in [0.29, 0.717) is 12.8 Å². The summed E-state index contributed by atoms with van der Waals surface area (Å²) in [7, 11) is 1.77. The van der Waals surface area contributed by atoms with Crippen molar-refractivity contribution < 1.29 is 17.2 Å². The third-order valence-corrected chi connectivity index (χ3v) is 3.56. The van der Waals surface area contributed by atoms with Gasteiger partial charge in [0.05, 0.1) is 12.7 Å². The van der Waals surface area contributed by atoms with Crippen LogP contribution >= 0.6 is 0 Å². The van der Waals surface area contributed by atoms with Crippen LogP contribution in [0.2, 0.25) is 0 Å². The van der Waals surface area contributed by atoms with E-state index in [9.17, 15) is 8.42 Å². The van der Waals surface area contributed by atoms with Crippen molar-refractivity contribution in [1.29, 1.82) is 5.26 Å². The topological polar surface area (TPSA) is 90.6 Å². The Hall–Kier alpha value is -0.680. The molecule has 0 aromatic carbocycles. The van der Waals surface area contributed by atoms with Crippen molar-refractivity contribution in [3.05, 3.63) is 0 Å². The second-order valence-corrected chi connectivity index (χ2v) is 7.77. The van der Waals surface area contributed by atoms with E-state index in [4.69, 9.17) is 9.81 Å². The van der Waals surface area contributed by atoms with E-state index in [1.54, 1.807) is 0 Å². The van der Waals surface area contributed by atoms with Gasteiger partial charge < -0.3 is 4.90 Å². The summed E-state index contributed by atoms with van der Waals surface area (Å²) < 4.78 is 33.0. The van der Waals surface area contributed by atoms with Gasteiger partial charge in [-0.25, -0.2) is 4.18 Å². The number of hydrogen-bond acceptors (Lipinski definition) is 5. The Bertz CT molecular complexity index is 390. The van der Waals surface area contributed by atoms with E-state index in [1.807, 2.05) is 39.0 Å². The van der Waals surface area contributed by atoms with Gasteiger partial charge in [-0.2, -0.15) is 13.7 Å². The zero-order valence-electron chi connectivity index (χ0n) is 17.7. The van der Waals surface area contributed by atoms with Gasteiger partial charge in [-0.05, 0) is 34.0 Å². The summed E-state index contributed by atoms with van der Waals surface area (Å²) in [6.07, 6.45) is 13.5. The van der Waals surface area contributed by atoms with Gasteiger partial charge in [0.15, 0.2) is 0 Å². The summed E-state index contributed by atoms with van der Waals surface area (Å²) in [5, 5.41) is 7.82. The molecule has 0 radical (unpaired) electrons. The van der Waals surface area contributed by atoms with Gasteiger partial charge in [0.25, 0.3) is 0 Å². The summed E-state index contributed by atoms with van der Waals surface area (Å²) in [5.41, 5.74) is 0. The summed E-state index contributed by atoms with van der Waals surface area (Å²) in [4.78, 5) is 2.00. The highest BCUT2D eigenvalue weighted by atomic mass is 32.3. The van der Waals surface area contributed by atoms with Crippen LogP contribution in [-0.4, -0.2) is 45.6 Å². The second kappa shape index (κ2) is 24.3. The smallest absolute Gasteiger partial charge is 0.312 e. The Kier molecular flexibility index (Phi) is 28.1. The zero-order chi connectivity index (χ0) is 20.7. The molecule has 0 heterocycles. The lowest BCUT2D eigenvalue weighted by atomic mass is 10.1. The fourth-order valence-electron chi connectivity index (χ4n) is 1.87. The molecule has 7 heteroatoms. The normalized spacial score (nSPS) is 10.4. The predicted octanol–water partition coefficient (Wildman–Crippen LogP) is 5.21. The van der Waals surface area contributed by atoms with Crippen LogP contribution < -0.4 is 0 Å². The molecule has 158 valence electrons. The van der Waals surface area contributed by atoms with Gasteiger partial charge in [-0.15, -0.1) is 0 Å². The maximum atomic E-state index is 10.2. The maximum absolute atomic E-state index is 10.2. The second-order valence-electron chi connectivity index (χ2n) is 6.68. The van der Waals surface area contributed by atoms with Crippen LogP contribution in [0.5, 0.6) is 0 Å². The lowest BCUT2D eigenvalue weighted by molar-refractivity contribution is 0.261. The molecule has 0 bridgehead atoms. The Balaban J connectivity index is -0.000000484. The van der Waals surface area contributed by atoms with Crippen LogP contribution in [0.3, 0.4) is 0 Å². The molecule has 0 saturated heterocycles. The fraction of sp³-hybridized carbons (Fsp3) is 0.947. The largest absolute Gasteiger partial charge is 0.397 e. The molecule has 6 nitrogen and oxygen atoms in total. The molecule has 0 aliphatic rings. The molecule has 26 heavy (non-hydrogen) atoms. The summed E-state index contributed by atoms with van der Waals surface area (Å²) in [6.45, 7) is 4.30. The van der Waals surface area contributed by atoms with E-state index in [1.165, 1.54) is 44.9 Å². The molecule has 0 saturated carbocycles.